The van der Waals surface area contributed by atoms with Gasteiger partial charge in [-0.25, -0.2) is 4.98 Å². The van der Waals surface area contributed by atoms with Crippen molar-refractivity contribution in [3.63, 3.8) is 0 Å². The summed E-state index contributed by atoms with van der Waals surface area (Å²) in [4.78, 5) is 32.6. The van der Waals surface area contributed by atoms with Crippen LogP contribution in [0.1, 0.15) is 6.42 Å². The summed E-state index contributed by atoms with van der Waals surface area (Å²) in [5.74, 6) is 0.0747. The Hall–Kier alpha value is -2.63. The molecule has 0 atom stereocenters. The fourth-order valence-electron chi connectivity index (χ4n) is 2.50. The average molecular weight is 399 g/mol. The van der Waals surface area contributed by atoms with Gasteiger partial charge in [-0.1, -0.05) is 42.1 Å². The first-order valence-corrected chi connectivity index (χ1v) is 10.1. The molecule has 0 spiro atoms. The van der Waals surface area contributed by atoms with E-state index in [1.807, 2.05) is 42.5 Å². The lowest BCUT2D eigenvalue weighted by Gasteiger charge is -2.15. The topological polar surface area (TPSA) is 79.0 Å². The van der Waals surface area contributed by atoms with Gasteiger partial charge in [0.05, 0.1) is 23.6 Å². The molecule has 0 aliphatic carbocycles. The molecule has 1 aromatic carbocycles. The van der Waals surface area contributed by atoms with Crippen LogP contribution in [-0.4, -0.2) is 39.7 Å². The molecule has 138 valence electrons. The largest absolute Gasteiger partial charge is 0.344 e. The molecule has 0 radical (unpaired) electrons. The lowest BCUT2D eigenvalue weighted by Crippen LogP contribution is -2.29. The second kappa shape index (κ2) is 8.37. The van der Waals surface area contributed by atoms with E-state index < -0.39 is 0 Å². The van der Waals surface area contributed by atoms with Crippen molar-refractivity contribution in [3.05, 3.63) is 46.8 Å². The number of nitrogens with zero attached hydrogens (tertiary/aromatic N) is 4. The van der Waals surface area contributed by atoms with Gasteiger partial charge in [0.1, 0.15) is 4.83 Å². The van der Waals surface area contributed by atoms with Crippen LogP contribution in [0.4, 0.5) is 0 Å². The molecular formula is C19H18N4O2S2. The van der Waals surface area contributed by atoms with Crippen LogP contribution in [0, 0.1) is 11.3 Å². The molecule has 3 aromatic rings. The number of rotatable bonds is 6. The molecule has 2 aromatic heterocycles. The number of fused-ring (bicyclic) bond motifs is 1. The van der Waals surface area contributed by atoms with E-state index in [2.05, 4.69) is 4.98 Å². The summed E-state index contributed by atoms with van der Waals surface area (Å²) >= 11 is 2.71. The van der Waals surface area contributed by atoms with Gasteiger partial charge in [0.25, 0.3) is 5.56 Å². The molecule has 0 unspecified atom stereocenters. The normalized spacial score (nSPS) is 10.7. The maximum absolute atomic E-state index is 12.7. The summed E-state index contributed by atoms with van der Waals surface area (Å²) in [6.07, 6.45) is 0.299. The second-order valence-electron chi connectivity index (χ2n) is 5.97. The number of hydrogen-bond acceptors (Lipinski definition) is 6. The summed E-state index contributed by atoms with van der Waals surface area (Å²) in [6, 6.07) is 13.8. The minimum atomic E-state index is -0.119. The minimum absolute atomic E-state index is 0.0965. The Labute approximate surface area is 165 Å². The molecule has 3 rings (SSSR count). The molecule has 0 saturated carbocycles. The zero-order valence-corrected chi connectivity index (χ0v) is 16.6. The number of nitriles is 1. The van der Waals surface area contributed by atoms with Crippen LogP contribution in [0.15, 0.2) is 46.3 Å². The van der Waals surface area contributed by atoms with Crippen LogP contribution < -0.4 is 5.56 Å². The zero-order valence-electron chi connectivity index (χ0n) is 15.0. The molecule has 0 aliphatic heterocycles. The maximum atomic E-state index is 12.7. The van der Waals surface area contributed by atoms with Crippen LogP contribution in [0.2, 0.25) is 0 Å². The van der Waals surface area contributed by atoms with Crippen molar-refractivity contribution in [1.29, 1.82) is 5.26 Å². The fourth-order valence-corrected chi connectivity index (χ4v) is 4.49. The van der Waals surface area contributed by atoms with Gasteiger partial charge >= 0.3 is 0 Å². The Morgan fingerprint density at radius 2 is 2.11 bits per heavy atom. The van der Waals surface area contributed by atoms with E-state index >= 15 is 0 Å². The first kappa shape index (κ1) is 19.1. The van der Waals surface area contributed by atoms with Crippen LogP contribution in [0.3, 0.4) is 0 Å². The zero-order chi connectivity index (χ0) is 19.4. The SMILES string of the molecule is CN(CCC#N)C(=O)CSc1nc2sc(-c3ccccc3)cc2c(=O)n1C. The van der Waals surface area contributed by atoms with Gasteiger partial charge in [-0.05, 0) is 11.6 Å². The van der Waals surface area contributed by atoms with E-state index in [-0.39, 0.29) is 17.2 Å². The highest BCUT2D eigenvalue weighted by Crippen LogP contribution is 2.31. The van der Waals surface area contributed by atoms with Gasteiger partial charge in [-0.15, -0.1) is 11.3 Å². The highest BCUT2D eigenvalue weighted by atomic mass is 32.2. The van der Waals surface area contributed by atoms with Gasteiger partial charge in [0, 0.05) is 25.5 Å². The predicted octanol–water partition coefficient (Wildman–Crippen LogP) is 3.13. The monoisotopic (exact) mass is 398 g/mol. The third-order valence-electron chi connectivity index (χ3n) is 4.10. The average Bonchev–Trinajstić information content (AvgIpc) is 3.12. The van der Waals surface area contributed by atoms with Gasteiger partial charge in [-0.2, -0.15) is 5.26 Å². The molecule has 0 aliphatic rings. The minimum Gasteiger partial charge on any atom is -0.344 e. The number of aromatic nitrogens is 2. The Morgan fingerprint density at radius 1 is 1.37 bits per heavy atom. The van der Waals surface area contributed by atoms with E-state index in [4.69, 9.17) is 5.26 Å². The van der Waals surface area contributed by atoms with E-state index in [0.29, 0.717) is 28.3 Å². The van der Waals surface area contributed by atoms with Crippen molar-refractivity contribution in [2.45, 2.75) is 11.6 Å². The van der Waals surface area contributed by atoms with Crippen molar-refractivity contribution in [1.82, 2.24) is 14.5 Å². The molecule has 0 bridgehead atoms. The van der Waals surface area contributed by atoms with E-state index in [9.17, 15) is 9.59 Å². The third kappa shape index (κ3) is 4.21. The Morgan fingerprint density at radius 3 is 2.81 bits per heavy atom. The molecule has 6 nitrogen and oxygen atoms in total. The second-order valence-corrected chi connectivity index (χ2v) is 7.94. The lowest BCUT2D eigenvalue weighted by molar-refractivity contribution is -0.127. The van der Waals surface area contributed by atoms with Gasteiger partial charge in [-0.3, -0.25) is 14.2 Å². The molecular weight excluding hydrogens is 380 g/mol. The molecule has 0 N–H and O–H groups in total. The molecule has 27 heavy (non-hydrogen) atoms. The molecule has 0 fully saturated rings. The van der Waals surface area contributed by atoms with E-state index in [0.717, 1.165) is 10.4 Å². The summed E-state index contributed by atoms with van der Waals surface area (Å²) in [5, 5.41) is 9.71. The van der Waals surface area contributed by atoms with Crippen LogP contribution in [0.5, 0.6) is 0 Å². The number of carbonyl (C=O) groups is 1. The van der Waals surface area contributed by atoms with Crippen molar-refractivity contribution >= 4 is 39.2 Å². The summed E-state index contributed by atoms with van der Waals surface area (Å²) in [5.41, 5.74) is 0.928. The Kier molecular flexibility index (Phi) is 5.94. The Bertz CT molecular complexity index is 1070. The number of benzene rings is 1. The molecule has 2 heterocycles. The predicted molar refractivity (Wildman–Crippen MR) is 109 cm³/mol. The summed E-state index contributed by atoms with van der Waals surface area (Å²) in [7, 11) is 3.34. The highest BCUT2D eigenvalue weighted by Gasteiger charge is 2.15. The molecule has 0 saturated heterocycles. The van der Waals surface area contributed by atoms with Crippen LogP contribution in [-0.2, 0) is 11.8 Å². The van der Waals surface area contributed by atoms with Crippen molar-refractivity contribution in [2.75, 3.05) is 19.3 Å². The molecule has 8 heteroatoms. The van der Waals surface area contributed by atoms with Gasteiger partial charge in [0.15, 0.2) is 5.16 Å². The quantitative estimate of drug-likeness (QED) is 0.471. The van der Waals surface area contributed by atoms with E-state index in [1.165, 1.54) is 32.6 Å². The number of amides is 1. The smallest absolute Gasteiger partial charge is 0.262 e. The van der Waals surface area contributed by atoms with Crippen molar-refractivity contribution in [3.8, 4) is 16.5 Å². The van der Waals surface area contributed by atoms with Gasteiger partial charge < -0.3 is 4.90 Å². The number of thioether (sulfide) groups is 1. The number of hydrogen-bond donors (Lipinski definition) is 0. The Balaban J connectivity index is 1.85. The standard InChI is InChI=1S/C19H18N4O2S2/c1-22(10-6-9-20)16(24)12-26-19-21-17-14(18(25)23(19)2)11-15(27-17)13-7-4-3-5-8-13/h3-5,7-8,11H,6,10,12H2,1-2H3. The van der Waals surface area contributed by atoms with Crippen molar-refractivity contribution < 1.29 is 4.79 Å². The maximum Gasteiger partial charge on any atom is 0.262 e. The summed E-state index contributed by atoms with van der Waals surface area (Å²) < 4.78 is 1.48. The lowest BCUT2D eigenvalue weighted by atomic mass is 10.2. The van der Waals surface area contributed by atoms with Gasteiger partial charge in [0.2, 0.25) is 5.91 Å². The van der Waals surface area contributed by atoms with Crippen LogP contribution >= 0.6 is 23.1 Å². The number of thiophene rings is 1. The van der Waals surface area contributed by atoms with E-state index in [1.54, 1.807) is 14.1 Å². The third-order valence-corrected chi connectivity index (χ3v) is 6.19. The highest BCUT2D eigenvalue weighted by molar-refractivity contribution is 7.99. The van der Waals surface area contributed by atoms with Crippen LogP contribution in [0.25, 0.3) is 20.7 Å². The first-order chi connectivity index (χ1) is 13.0. The van der Waals surface area contributed by atoms with Crippen molar-refractivity contribution in [2.24, 2.45) is 7.05 Å². The number of carbonyl (C=O) groups excluding carboxylic acids is 1. The summed E-state index contributed by atoms with van der Waals surface area (Å²) in [6.45, 7) is 0.395. The first-order valence-electron chi connectivity index (χ1n) is 8.31. The fraction of sp³-hybridized carbons (Fsp3) is 0.263. The molecule has 1 amide bonds.